The van der Waals surface area contributed by atoms with Gasteiger partial charge in [-0.2, -0.15) is 18.3 Å². The fourth-order valence-electron chi connectivity index (χ4n) is 2.30. The number of carbonyl (C=O) groups is 1. The third-order valence-corrected chi connectivity index (χ3v) is 3.39. The molecule has 3 aromatic rings. The molecule has 124 valence electrons. The van der Waals surface area contributed by atoms with Crippen LogP contribution in [0.25, 0.3) is 16.6 Å². The van der Waals surface area contributed by atoms with Crippen LogP contribution in [0.1, 0.15) is 23.0 Å². The zero-order chi connectivity index (χ0) is 17.3. The molecule has 0 aliphatic heterocycles. The summed E-state index contributed by atoms with van der Waals surface area (Å²) in [5, 5.41) is 4.66. The summed E-state index contributed by atoms with van der Waals surface area (Å²) in [6.07, 6.45) is -1.43. The minimum atomic E-state index is -4.41. The Bertz CT molecular complexity index is 886. The number of hydrogen-bond donors (Lipinski definition) is 0. The van der Waals surface area contributed by atoms with E-state index in [2.05, 4.69) is 10.1 Å². The van der Waals surface area contributed by atoms with Crippen LogP contribution in [0.2, 0.25) is 0 Å². The first kappa shape index (κ1) is 16.0. The molecule has 0 fully saturated rings. The molecule has 0 atom stereocenters. The Morgan fingerprint density at radius 1 is 1.21 bits per heavy atom. The molecule has 2 heterocycles. The predicted octanol–water partition coefficient (Wildman–Crippen LogP) is 3.62. The van der Waals surface area contributed by atoms with Gasteiger partial charge in [-0.1, -0.05) is 0 Å². The van der Waals surface area contributed by atoms with E-state index in [1.807, 2.05) is 0 Å². The quantitative estimate of drug-likeness (QED) is 0.686. The van der Waals surface area contributed by atoms with E-state index >= 15 is 0 Å². The number of halogens is 3. The van der Waals surface area contributed by atoms with Gasteiger partial charge in [0.25, 0.3) is 0 Å². The number of fused-ring (bicyclic) bond motifs is 1. The zero-order valence-corrected chi connectivity index (χ0v) is 12.5. The number of hydrogen-bond acceptors (Lipinski definition) is 4. The van der Waals surface area contributed by atoms with E-state index in [0.29, 0.717) is 16.6 Å². The number of aromatic nitrogens is 3. The first-order valence-corrected chi connectivity index (χ1v) is 7.09. The summed E-state index contributed by atoms with van der Waals surface area (Å²) in [6, 6.07) is 6.15. The van der Waals surface area contributed by atoms with Gasteiger partial charge in [-0.05, 0) is 37.3 Å². The molecule has 0 radical (unpaired) electrons. The van der Waals surface area contributed by atoms with Gasteiger partial charge in [0.1, 0.15) is 0 Å². The average Bonchev–Trinajstić information content (AvgIpc) is 2.94. The zero-order valence-electron chi connectivity index (χ0n) is 12.5. The van der Waals surface area contributed by atoms with Crippen molar-refractivity contribution in [1.82, 2.24) is 14.8 Å². The molecule has 0 N–H and O–H groups in total. The van der Waals surface area contributed by atoms with E-state index in [9.17, 15) is 18.0 Å². The highest BCUT2D eigenvalue weighted by Crippen LogP contribution is 2.30. The van der Waals surface area contributed by atoms with Gasteiger partial charge >= 0.3 is 12.1 Å². The van der Waals surface area contributed by atoms with Gasteiger partial charge in [0.05, 0.1) is 28.8 Å². The van der Waals surface area contributed by atoms with Crippen molar-refractivity contribution < 1.29 is 22.7 Å². The van der Waals surface area contributed by atoms with E-state index in [4.69, 9.17) is 4.74 Å². The molecule has 0 bridgehead atoms. The van der Waals surface area contributed by atoms with Crippen LogP contribution in [-0.2, 0) is 10.9 Å². The second kappa shape index (κ2) is 5.95. The van der Waals surface area contributed by atoms with Crippen molar-refractivity contribution in [2.45, 2.75) is 13.1 Å². The van der Waals surface area contributed by atoms with E-state index < -0.39 is 17.7 Å². The Hall–Kier alpha value is -2.90. The topological polar surface area (TPSA) is 57.0 Å². The lowest BCUT2D eigenvalue weighted by Crippen LogP contribution is -2.07. The van der Waals surface area contributed by atoms with Crippen LogP contribution in [0.4, 0.5) is 13.2 Å². The second-order valence-corrected chi connectivity index (χ2v) is 4.92. The van der Waals surface area contributed by atoms with Gasteiger partial charge in [-0.15, -0.1) is 0 Å². The fourth-order valence-corrected chi connectivity index (χ4v) is 2.30. The van der Waals surface area contributed by atoms with Crippen molar-refractivity contribution in [3.63, 3.8) is 0 Å². The molecule has 24 heavy (non-hydrogen) atoms. The molecule has 0 saturated carbocycles. The molecule has 0 saturated heterocycles. The molecule has 3 rings (SSSR count). The number of ether oxygens (including phenoxy) is 1. The number of benzene rings is 1. The SMILES string of the molecule is CCOC(=O)c1nn(-c2ccc(C(F)(F)F)cc2)c2ccncc12. The molecule has 8 heteroatoms. The fraction of sp³-hybridized carbons (Fsp3) is 0.188. The molecule has 1 aromatic carbocycles. The lowest BCUT2D eigenvalue weighted by atomic mass is 10.2. The van der Waals surface area contributed by atoms with Crippen LogP contribution >= 0.6 is 0 Å². The number of esters is 1. The van der Waals surface area contributed by atoms with Crippen molar-refractivity contribution in [2.24, 2.45) is 0 Å². The Morgan fingerprint density at radius 3 is 2.54 bits per heavy atom. The maximum atomic E-state index is 12.7. The van der Waals surface area contributed by atoms with Crippen LogP contribution < -0.4 is 0 Å². The molecule has 5 nitrogen and oxygen atoms in total. The Kier molecular flexibility index (Phi) is 3.96. The average molecular weight is 335 g/mol. The van der Waals surface area contributed by atoms with E-state index in [0.717, 1.165) is 12.1 Å². The largest absolute Gasteiger partial charge is 0.461 e. The highest BCUT2D eigenvalue weighted by atomic mass is 19.4. The molecular weight excluding hydrogens is 323 g/mol. The monoisotopic (exact) mass is 335 g/mol. The number of nitrogens with zero attached hydrogens (tertiary/aromatic N) is 3. The second-order valence-electron chi connectivity index (χ2n) is 4.92. The molecule has 2 aromatic heterocycles. The molecule has 0 unspecified atom stereocenters. The van der Waals surface area contributed by atoms with Gasteiger partial charge in [0.15, 0.2) is 5.69 Å². The highest BCUT2D eigenvalue weighted by molar-refractivity contribution is 6.02. The minimum Gasteiger partial charge on any atom is -0.461 e. The molecule has 0 aliphatic rings. The molecule has 0 aliphatic carbocycles. The number of pyridine rings is 1. The van der Waals surface area contributed by atoms with Crippen LogP contribution in [-0.4, -0.2) is 27.3 Å². The standard InChI is InChI=1S/C16H12F3N3O2/c1-2-24-15(23)14-12-9-20-8-7-13(12)22(21-14)11-5-3-10(4-6-11)16(17,18)19/h3-9H,2H2,1H3. The first-order chi connectivity index (χ1) is 11.4. The van der Waals surface area contributed by atoms with Gasteiger partial charge in [-0.25, -0.2) is 9.48 Å². The Balaban J connectivity index is 2.11. The van der Waals surface area contributed by atoms with Crippen LogP contribution in [0.3, 0.4) is 0 Å². The number of alkyl halides is 3. The van der Waals surface area contributed by atoms with Gasteiger partial charge in [0, 0.05) is 12.4 Å². The Labute approximate surface area is 134 Å². The summed E-state index contributed by atoms with van der Waals surface area (Å²) < 4.78 is 44.4. The lowest BCUT2D eigenvalue weighted by molar-refractivity contribution is -0.137. The van der Waals surface area contributed by atoms with Gasteiger partial charge in [0.2, 0.25) is 0 Å². The van der Waals surface area contributed by atoms with Crippen LogP contribution in [0, 0.1) is 0 Å². The smallest absolute Gasteiger partial charge is 0.416 e. The van der Waals surface area contributed by atoms with Crippen molar-refractivity contribution in [3.05, 3.63) is 54.0 Å². The van der Waals surface area contributed by atoms with Crippen molar-refractivity contribution >= 4 is 16.9 Å². The third kappa shape index (κ3) is 2.82. The summed E-state index contributed by atoms with van der Waals surface area (Å²) in [5.74, 6) is -0.610. The normalized spacial score (nSPS) is 11.7. The minimum absolute atomic E-state index is 0.0693. The summed E-state index contributed by atoms with van der Waals surface area (Å²) in [5.41, 5.74) is 0.261. The van der Waals surface area contributed by atoms with Crippen LogP contribution in [0.5, 0.6) is 0 Å². The maximum Gasteiger partial charge on any atom is 0.416 e. The van der Waals surface area contributed by atoms with Gasteiger partial charge in [-0.3, -0.25) is 4.98 Å². The van der Waals surface area contributed by atoms with Crippen molar-refractivity contribution in [2.75, 3.05) is 6.61 Å². The molecule has 0 amide bonds. The predicted molar refractivity (Wildman–Crippen MR) is 79.8 cm³/mol. The third-order valence-electron chi connectivity index (χ3n) is 3.39. The lowest BCUT2D eigenvalue weighted by Gasteiger charge is -2.08. The van der Waals surface area contributed by atoms with Crippen molar-refractivity contribution in [3.8, 4) is 5.69 Å². The highest BCUT2D eigenvalue weighted by Gasteiger charge is 2.30. The molecular formula is C16H12F3N3O2. The van der Waals surface area contributed by atoms with Crippen LogP contribution in [0.15, 0.2) is 42.7 Å². The van der Waals surface area contributed by atoms with E-state index in [1.54, 1.807) is 13.0 Å². The van der Waals surface area contributed by atoms with E-state index in [1.165, 1.54) is 29.2 Å². The summed E-state index contributed by atoms with van der Waals surface area (Å²) in [4.78, 5) is 16.0. The Morgan fingerprint density at radius 2 is 1.92 bits per heavy atom. The number of rotatable bonds is 3. The summed E-state index contributed by atoms with van der Waals surface area (Å²) >= 11 is 0. The maximum absolute atomic E-state index is 12.7. The molecule has 0 spiro atoms. The van der Waals surface area contributed by atoms with Gasteiger partial charge < -0.3 is 4.74 Å². The van der Waals surface area contributed by atoms with Crippen molar-refractivity contribution in [1.29, 1.82) is 0 Å². The first-order valence-electron chi connectivity index (χ1n) is 7.09. The number of carbonyl (C=O) groups excluding carboxylic acids is 1. The summed E-state index contributed by atoms with van der Waals surface area (Å²) in [7, 11) is 0. The van der Waals surface area contributed by atoms with E-state index in [-0.39, 0.29) is 12.3 Å². The summed E-state index contributed by atoms with van der Waals surface area (Å²) in [6.45, 7) is 1.86.